The van der Waals surface area contributed by atoms with Gasteiger partial charge in [-0.3, -0.25) is 4.79 Å². The van der Waals surface area contributed by atoms with Gasteiger partial charge in [0.1, 0.15) is 17.2 Å². The van der Waals surface area contributed by atoms with Crippen LogP contribution < -0.4 is 4.74 Å². The Morgan fingerprint density at radius 3 is 1.73 bits per heavy atom. The molecule has 0 atom stereocenters. The van der Waals surface area contributed by atoms with Crippen molar-refractivity contribution in [2.24, 2.45) is 0 Å². The zero-order chi connectivity index (χ0) is 25.0. The molecule has 0 fully saturated rings. The highest BCUT2D eigenvalue weighted by atomic mass is 16.5. The number of aromatic hydroxyl groups is 2. The van der Waals surface area contributed by atoms with Crippen molar-refractivity contribution >= 4 is 5.78 Å². The fraction of sp³-hybridized carbons (Fsp3) is 0.345. The highest BCUT2D eigenvalue weighted by molar-refractivity contribution is 6.10. The van der Waals surface area contributed by atoms with Crippen LogP contribution in [0.4, 0.5) is 0 Å². The van der Waals surface area contributed by atoms with Crippen molar-refractivity contribution in [2.75, 3.05) is 7.11 Å². The number of phenolic OH excluding ortho intramolecular Hbond substituents is 2. The van der Waals surface area contributed by atoms with Crippen molar-refractivity contribution in [1.82, 2.24) is 0 Å². The molecule has 33 heavy (non-hydrogen) atoms. The first-order chi connectivity index (χ1) is 15.3. The second kappa shape index (κ2) is 10.1. The number of ketones is 1. The third-order valence-electron chi connectivity index (χ3n) is 5.36. The fourth-order valence-corrected chi connectivity index (χ4v) is 3.50. The molecule has 0 saturated heterocycles. The minimum atomic E-state index is -0.203. The van der Waals surface area contributed by atoms with Gasteiger partial charge >= 0.3 is 0 Å². The zero-order valence-corrected chi connectivity index (χ0v) is 21.0. The van der Waals surface area contributed by atoms with Gasteiger partial charge in [-0.25, -0.2) is 0 Å². The first kappa shape index (κ1) is 26.0. The van der Waals surface area contributed by atoms with Crippen LogP contribution in [0.3, 0.4) is 0 Å². The molecule has 3 aromatic rings. The molecular weight excluding hydrogens is 412 g/mol. The third-order valence-corrected chi connectivity index (χ3v) is 5.36. The van der Waals surface area contributed by atoms with E-state index in [0.717, 1.165) is 11.1 Å². The van der Waals surface area contributed by atoms with Gasteiger partial charge in [-0.15, -0.1) is 0 Å². The van der Waals surface area contributed by atoms with E-state index in [2.05, 4.69) is 60.6 Å². The molecule has 0 aliphatic carbocycles. The Morgan fingerprint density at radius 2 is 1.30 bits per heavy atom. The van der Waals surface area contributed by atoms with Gasteiger partial charge in [0, 0.05) is 11.6 Å². The van der Waals surface area contributed by atoms with Crippen molar-refractivity contribution < 1.29 is 19.7 Å². The summed E-state index contributed by atoms with van der Waals surface area (Å²) in [6.07, 6.45) is 0. The summed E-state index contributed by atoms with van der Waals surface area (Å²) in [5.74, 6) is 0.710. The molecule has 0 saturated carbocycles. The van der Waals surface area contributed by atoms with Crippen molar-refractivity contribution in [2.45, 2.75) is 59.3 Å². The molecule has 176 valence electrons. The normalized spacial score (nSPS) is 11.4. The predicted octanol–water partition coefficient (Wildman–Crippen LogP) is 6.93. The van der Waals surface area contributed by atoms with Crippen LogP contribution in [0.25, 0.3) is 0 Å². The Morgan fingerprint density at radius 1 is 0.788 bits per heavy atom. The quantitative estimate of drug-likeness (QED) is 0.427. The smallest absolute Gasteiger partial charge is 0.196 e. The van der Waals surface area contributed by atoms with E-state index in [4.69, 9.17) is 4.74 Å². The standard InChI is InChI=1S/C15H24O.C14H12O3/c1-10-8-11(14(2,3)4)13(16)12(9-10)15(5,6)7;1-17-11-7-8-12(13(15)9-11)14(16)10-5-3-2-4-6-10/h8-9,16H,1-7H3;2-9,15H,1H3. The third kappa shape index (κ3) is 6.61. The van der Waals surface area contributed by atoms with Crippen LogP contribution in [0.1, 0.15) is 74.2 Å². The number of hydrogen-bond acceptors (Lipinski definition) is 4. The van der Waals surface area contributed by atoms with Crippen molar-refractivity contribution in [3.05, 3.63) is 88.5 Å². The average Bonchev–Trinajstić information content (AvgIpc) is 2.74. The van der Waals surface area contributed by atoms with Gasteiger partial charge < -0.3 is 14.9 Å². The van der Waals surface area contributed by atoms with Crippen LogP contribution in [-0.2, 0) is 10.8 Å². The molecular formula is C29H36O4. The first-order valence-electron chi connectivity index (χ1n) is 11.1. The lowest BCUT2D eigenvalue weighted by atomic mass is 9.78. The molecule has 0 bridgehead atoms. The minimum Gasteiger partial charge on any atom is -0.507 e. The van der Waals surface area contributed by atoms with Gasteiger partial charge in [-0.1, -0.05) is 89.6 Å². The van der Waals surface area contributed by atoms with E-state index in [1.807, 2.05) is 6.07 Å². The van der Waals surface area contributed by atoms with Crippen LogP contribution >= 0.6 is 0 Å². The summed E-state index contributed by atoms with van der Waals surface area (Å²) in [7, 11) is 1.51. The number of hydrogen-bond donors (Lipinski definition) is 2. The lowest BCUT2D eigenvalue weighted by Crippen LogP contribution is -2.17. The summed E-state index contributed by atoms with van der Waals surface area (Å²) < 4.78 is 4.96. The summed E-state index contributed by atoms with van der Waals surface area (Å²) >= 11 is 0. The van der Waals surface area contributed by atoms with Crippen molar-refractivity contribution in [1.29, 1.82) is 0 Å². The number of aryl methyl sites for hydroxylation is 1. The van der Waals surface area contributed by atoms with Gasteiger partial charge in [0.15, 0.2) is 5.78 Å². The average molecular weight is 449 g/mol. The Labute approximate surface area is 197 Å². The summed E-state index contributed by atoms with van der Waals surface area (Å²) in [5.41, 5.74) is 4.08. The van der Waals surface area contributed by atoms with Crippen LogP contribution in [0.2, 0.25) is 0 Å². The van der Waals surface area contributed by atoms with Gasteiger partial charge in [0.05, 0.1) is 12.7 Å². The number of benzene rings is 3. The number of carbonyl (C=O) groups excluding carboxylic acids is 1. The molecule has 0 unspecified atom stereocenters. The molecule has 3 rings (SSSR count). The monoisotopic (exact) mass is 448 g/mol. The number of phenols is 2. The van der Waals surface area contributed by atoms with E-state index in [0.29, 0.717) is 17.1 Å². The van der Waals surface area contributed by atoms with Crippen LogP contribution in [0.5, 0.6) is 17.2 Å². The van der Waals surface area contributed by atoms with Gasteiger partial charge in [0.25, 0.3) is 0 Å². The number of methoxy groups -OCH3 is 1. The maximum atomic E-state index is 12.1. The first-order valence-corrected chi connectivity index (χ1v) is 11.1. The SMILES string of the molecule is COc1ccc(C(=O)c2ccccc2)c(O)c1.Cc1cc(C(C)(C)C)c(O)c(C(C)(C)C)c1. The zero-order valence-electron chi connectivity index (χ0n) is 21.0. The number of ether oxygens (including phenoxy) is 1. The highest BCUT2D eigenvalue weighted by Gasteiger charge is 2.25. The summed E-state index contributed by atoms with van der Waals surface area (Å²) in [6, 6.07) is 17.6. The Hall–Kier alpha value is -3.27. The lowest BCUT2D eigenvalue weighted by Gasteiger charge is -2.27. The molecule has 2 N–H and O–H groups in total. The maximum Gasteiger partial charge on any atom is 0.196 e. The van der Waals surface area contributed by atoms with Crippen LogP contribution in [-0.4, -0.2) is 23.1 Å². The van der Waals surface area contributed by atoms with E-state index in [1.54, 1.807) is 36.4 Å². The largest absolute Gasteiger partial charge is 0.507 e. The minimum absolute atomic E-state index is 0.0178. The highest BCUT2D eigenvalue weighted by Crippen LogP contribution is 2.39. The van der Waals surface area contributed by atoms with Crippen molar-refractivity contribution in [3.63, 3.8) is 0 Å². The van der Waals surface area contributed by atoms with Crippen LogP contribution in [0.15, 0.2) is 60.7 Å². The van der Waals surface area contributed by atoms with E-state index in [9.17, 15) is 15.0 Å². The molecule has 0 spiro atoms. The molecule has 0 aromatic heterocycles. The van der Waals surface area contributed by atoms with Gasteiger partial charge in [0.2, 0.25) is 0 Å². The number of carbonyl (C=O) groups is 1. The molecule has 0 aliphatic heterocycles. The van der Waals surface area contributed by atoms with Gasteiger partial charge in [-0.05, 0) is 41.0 Å². The van der Waals surface area contributed by atoms with Crippen LogP contribution in [0, 0.1) is 6.92 Å². The lowest BCUT2D eigenvalue weighted by molar-refractivity contribution is 0.103. The molecule has 4 nitrogen and oxygen atoms in total. The van der Waals surface area contributed by atoms with E-state index >= 15 is 0 Å². The topological polar surface area (TPSA) is 66.8 Å². The molecule has 0 aliphatic rings. The second-order valence-corrected chi connectivity index (χ2v) is 10.3. The summed E-state index contributed by atoms with van der Waals surface area (Å²) in [6.45, 7) is 14.9. The number of rotatable bonds is 3. The van der Waals surface area contributed by atoms with E-state index in [1.165, 1.54) is 18.7 Å². The fourth-order valence-electron chi connectivity index (χ4n) is 3.50. The Bertz CT molecular complexity index is 1070. The maximum absolute atomic E-state index is 12.1. The van der Waals surface area contributed by atoms with E-state index in [-0.39, 0.29) is 27.9 Å². The molecule has 0 heterocycles. The second-order valence-electron chi connectivity index (χ2n) is 10.3. The molecule has 4 heteroatoms. The van der Waals surface area contributed by atoms with Crippen molar-refractivity contribution in [3.8, 4) is 17.2 Å². The predicted molar refractivity (Wildman–Crippen MR) is 135 cm³/mol. The molecule has 0 amide bonds. The van der Waals surface area contributed by atoms with E-state index < -0.39 is 0 Å². The molecule has 0 radical (unpaired) electrons. The molecule has 3 aromatic carbocycles. The Kier molecular flexibility index (Phi) is 7.97. The summed E-state index contributed by atoms with van der Waals surface area (Å²) in [5, 5.41) is 20.1. The Balaban J connectivity index is 0.000000234. The summed E-state index contributed by atoms with van der Waals surface area (Å²) in [4.78, 5) is 12.1. The van der Waals surface area contributed by atoms with Gasteiger partial charge in [-0.2, -0.15) is 0 Å².